The van der Waals surface area contributed by atoms with Crippen LogP contribution in [-0.2, 0) is 0 Å². The summed E-state index contributed by atoms with van der Waals surface area (Å²) in [5.41, 5.74) is 0. The lowest BCUT2D eigenvalue weighted by Crippen LogP contribution is -1.76. The summed E-state index contributed by atoms with van der Waals surface area (Å²) in [5, 5.41) is 0. The van der Waals surface area contributed by atoms with Crippen molar-refractivity contribution in [1.29, 1.82) is 0 Å². The predicted molar refractivity (Wildman–Crippen MR) is 36.4 cm³/mol. The Labute approximate surface area is 52.7 Å². The number of hydrogen-bond donors (Lipinski definition) is 0. The van der Waals surface area contributed by atoms with Gasteiger partial charge < -0.3 is 0 Å². The van der Waals surface area contributed by atoms with Gasteiger partial charge in [0.25, 0.3) is 0 Å². The highest BCUT2D eigenvalue weighted by Crippen LogP contribution is 1.96. The van der Waals surface area contributed by atoms with Gasteiger partial charge in [-0.1, -0.05) is 27.9 Å². The maximum Gasteiger partial charge on any atom is 0.0306 e. The molecule has 0 aliphatic carbocycles. The van der Waals surface area contributed by atoms with Crippen LogP contribution in [0.2, 0.25) is 0 Å². The topological polar surface area (TPSA) is 0 Å². The third kappa shape index (κ3) is 5.78. The van der Waals surface area contributed by atoms with Gasteiger partial charge in [0.15, 0.2) is 0 Å². The molecular weight excluding hydrogens is 152 g/mol. The first kappa shape index (κ1) is 6.78. The van der Waals surface area contributed by atoms with Crippen molar-refractivity contribution in [3.8, 4) is 12.3 Å². The third-order valence-corrected chi connectivity index (χ3v) is 0.763. The van der Waals surface area contributed by atoms with Gasteiger partial charge in [-0.15, -0.1) is 6.42 Å². The Balaban J connectivity index is 3.31. The summed E-state index contributed by atoms with van der Waals surface area (Å²) < 4.78 is 0. The molecule has 0 spiro atoms. The van der Waals surface area contributed by atoms with Gasteiger partial charge in [-0.25, -0.2) is 0 Å². The average molecular weight is 159 g/mol. The zero-order valence-electron chi connectivity index (χ0n) is 4.19. The first-order valence-electron chi connectivity index (χ1n) is 2.04. The van der Waals surface area contributed by atoms with Gasteiger partial charge in [-0.2, -0.15) is 0 Å². The SMILES string of the molecule is C#CC=CC(C)Br. The van der Waals surface area contributed by atoms with E-state index >= 15 is 0 Å². The summed E-state index contributed by atoms with van der Waals surface area (Å²) in [6.07, 6.45) is 8.50. The fourth-order valence-corrected chi connectivity index (χ4v) is 0.341. The van der Waals surface area contributed by atoms with Gasteiger partial charge in [0.05, 0.1) is 0 Å². The lowest BCUT2D eigenvalue weighted by molar-refractivity contribution is 1.28. The molecule has 0 nitrogen and oxygen atoms in total. The Hall–Kier alpha value is -0.220. The smallest absolute Gasteiger partial charge is 0.0306 e. The van der Waals surface area contributed by atoms with Crippen molar-refractivity contribution in [2.24, 2.45) is 0 Å². The number of hydrogen-bond acceptors (Lipinski definition) is 0. The second-order valence-corrected chi connectivity index (χ2v) is 2.65. The molecule has 0 aliphatic rings. The van der Waals surface area contributed by atoms with Crippen LogP contribution < -0.4 is 0 Å². The van der Waals surface area contributed by atoms with E-state index in [1.165, 1.54) is 0 Å². The zero-order chi connectivity index (χ0) is 5.70. The van der Waals surface area contributed by atoms with Crippen LogP contribution in [0.1, 0.15) is 6.92 Å². The Bertz CT molecular complexity index is 95.2. The number of terminal acetylenes is 1. The first-order valence-corrected chi connectivity index (χ1v) is 2.96. The molecule has 0 amide bonds. The van der Waals surface area contributed by atoms with Crippen LogP contribution in [0.3, 0.4) is 0 Å². The normalized spacial score (nSPS) is 13.9. The van der Waals surface area contributed by atoms with Crippen molar-refractivity contribution < 1.29 is 0 Å². The molecule has 0 rings (SSSR count). The molecule has 0 heterocycles. The van der Waals surface area contributed by atoms with E-state index in [1.54, 1.807) is 6.08 Å². The molecule has 1 unspecified atom stereocenters. The highest BCUT2D eigenvalue weighted by Gasteiger charge is 1.80. The van der Waals surface area contributed by atoms with Gasteiger partial charge in [-0.3, -0.25) is 0 Å². The highest BCUT2D eigenvalue weighted by molar-refractivity contribution is 9.09. The summed E-state index contributed by atoms with van der Waals surface area (Å²) in [7, 11) is 0. The van der Waals surface area contributed by atoms with Gasteiger partial charge in [0, 0.05) is 4.83 Å². The van der Waals surface area contributed by atoms with E-state index in [2.05, 4.69) is 21.9 Å². The predicted octanol–water partition coefficient (Wildman–Crippen LogP) is 1.96. The number of allylic oxidation sites excluding steroid dienone is 2. The molecular formula is C6H7Br. The van der Waals surface area contributed by atoms with E-state index in [9.17, 15) is 0 Å². The number of halogens is 1. The summed E-state index contributed by atoms with van der Waals surface area (Å²) >= 11 is 3.29. The van der Waals surface area contributed by atoms with E-state index < -0.39 is 0 Å². The minimum absolute atomic E-state index is 0.392. The molecule has 0 aromatic rings. The Kier molecular flexibility index (Phi) is 3.83. The summed E-state index contributed by atoms with van der Waals surface area (Å²) in [6.45, 7) is 2.01. The molecule has 0 aromatic heterocycles. The quantitative estimate of drug-likeness (QED) is 0.405. The van der Waals surface area contributed by atoms with Crippen molar-refractivity contribution in [3.05, 3.63) is 12.2 Å². The molecule has 0 N–H and O–H groups in total. The van der Waals surface area contributed by atoms with Gasteiger partial charge in [0.2, 0.25) is 0 Å². The molecule has 1 atom stereocenters. The van der Waals surface area contributed by atoms with Crippen molar-refractivity contribution in [2.75, 3.05) is 0 Å². The van der Waals surface area contributed by atoms with Crippen LogP contribution in [0, 0.1) is 12.3 Å². The minimum Gasteiger partial charge on any atom is -0.115 e. The monoisotopic (exact) mass is 158 g/mol. The molecule has 0 fully saturated rings. The molecule has 38 valence electrons. The van der Waals surface area contributed by atoms with Crippen LogP contribution in [0.15, 0.2) is 12.2 Å². The Morgan fingerprint density at radius 2 is 2.43 bits per heavy atom. The van der Waals surface area contributed by atoms with Crippen molar-refractivity contribution in [1.82, 2.24) is 0 Å². The molecule has 0 radical (unpaired) electrons. The van der Waals surface area contributed by atoms with Gasteiger partial charge in [0.1, 0.15) is 0 Å². The van der Waals surface area contributed by atoms with E-state index in [4.69, 9.17) is 6.42 Å². The standard InChI is InChI=1S/C6H7Br/c1-3-4-5-6(2)7/h1,4-6H,2H3. The van der Waals surface area contributed by atoms with Gasteiger partial charge in [-0.05, 0) is 13.0 Å². The summed E-state index contributed by atoms with van der Waals surface area (Å²) in [4.78, 5) is 0.392. The molecule has 0 aliphatic heterocycles. The molecule has 0 aromatic carbocycles. The summed E-state index contributed by atoms with van der Waals surface area (Å²) in [6, 6.07) is 0. The minimum atomic E-state index is 0.392. The van der Waals surface area contributed by atoms with Crippen molar-refractivity contribution in [3.63, 3.8) is 0 Å². The number of rotatable bonds is 1. The van der Waals surface area contributed by atoms with Gasteiger partial charge >= 0.3 is 0 Å². The van der Waals surface area contributed by atoms with E-state index in [0.717, 1.165) is 0 Å². The van der Waals surface area contributed by atoms with Crippen molar-refractivity contribution >= 4 is 15.9 Å². The van der Waals surface area contributed by atoms with Crippen LogP contribution in [0.25, 0.3) is 0 Å². The Morgan fingerprint density at radius 3 is 2.57 bits per heavy atom. The van der Waals surface area contributed by atoms with Crippen LogP contribution in [0.5, 0.6) is 0 Å². The molecule has 0 saturated heterocycles. The fraction of sp³-hybridized carbons (Fsp3) is 0.333. The van der Waals surface area contributed by atoms with E-state index in [-0.39, 0.29) is 0 Å². The van der Waals surface area contributed by atoms with Crippen LogP contribution >= 0.6 is 15.9 Å². The Morgan fingerprint density at radius 1 is 1.86 bits per heavy atom. The maximum atomic E-state index is 4.92. The average Bonchev–Trinajstić information content (AvgIpc) is 1.61. The largest absolute Gasteiger partial charge is 0.115 e. The molecule has 0 saturated carbocycles. The summed E-state index contributed by atoms with van der Waals surface area (Å²) in [5.74, 6) is 2.39. The molecule has 1 heteroatoms. The zero-order valence-corrected chi connectivity index (χ0v) is 5.77. The second-order valence-electron chi connectivity index (χ2n) is 1.20. The highest BCUT2D eigenvalue weighted by atomic mass is 79.9. The fourth-order valence-electron chi connectivity index (χ4n) is 0.188. The molecule has 7 heavy (non-hydrogen) atoms. The van der Waals surface area contributed by atoms with E-state index in [1.807, 2.05) is 13.0 Å². The maximum absolute atomic E-state index is 4.92. The first-order chi connectivity index (χ1) is 3.27. The van der Waals surface area contributed by atoms with Crippen LogP contribution in [-0.4, -0.2) is 4.83 Å². The lowest BCUT2D eigenvalue weighted by atomic mass is 10.4. The van der Waals surface area contributed by atoms with Crippen molar-refractivity contribution in [2.45, 2.75) is 11.8 Å². The number of alkyl halides is 1. The van der Waals surface area contributed by atoms with Crippen LogP contribution in [0.4, 0.5) is 0 Å². The molecule has 0 bridgehead atoms. The lowest BCUT2D eigenvalue weighted by Gasteiger charge is -1.84. The second kappa shape index (κ2) is 3.95. The third-order valence-electron chi connectivity index (χ3n) is 0.458. The van der Waals surface area contributed by atoms with E-state index in [0.29, 0.717) is 4.83 Å².